The maximum Gasteiger partial charge on any atom is 0.498 e. The van der Waals surface area contributed by atoms with E-state index in [1.807, 2.05) is 41.5 Å². The van der Waals surface area contributed by atoms with Crippen molar-refractivity contribution >= 4 is 18.5 Å². The molecule has 0 bridgehead atoms. The third kappa shape index (κ3) is 3.13. The summed E-state index contributed by atoms with van der Waals surface area (Å²) < 4.78 is 17.9. The van der Waals surface area contributed by atoms with Gasteiger partial charge >= 0.3 is 7.12 Å². The summed E-state index contributed by atoms with van der Waals surface area (Å²) in [5, 5.41) is 0. The first-order chi connectivity index (χ1) is 10.0. The predicted molar refractivity (Wildman–Crippen MR) is 86.4 cm³/mol. The Morgan fingerprint density at radius 3 is 2.18 bits per heavy atom. The highest BCUT2D eigenvalue weighted by atomic mass is 16.7. The van der Waals surface area contributed by atoms with Crippen LogP contribution >= 0.6 is 0 Å². The van der Waals surface area contributed by atoms with Crippen LogP contribution in [0.2, 0.25) is 0 Å². The van der Waals surface area contributed by atoms with Crippen LogP contribution in [-0.2, 0) is 9.31 Å². The molecule has 1 aliphatic rings. The van der Waals surface area contributed by atoms with Gasteiger partial charge in [-0.05, 0) is 53.7 Å². The van der Waals surface area contributed by atoms with Crippen LogP contribution in [-0.4, -0.2) is 30.3 Å². The van der Waals surface area contributed by atoms with E-state index in [0.717, 1.165) is 5.46 Å². The first kappa shape index (κ1) is 16.8. The lowest BCUT2D eigenvalue weighted by molar-refractivity contribution is 0.00578. The van der Waals surface area contributed by atoms with Crippen molar-refractivity contribution in [1.29, 1.82) is 0 Å². The molecule has 0 spiro atoms. The van der Waals surface area contributed by atoms with Crippen LogP contribution in [0, 0.1) is 0 Å². The van der Waals surface area contributed by atoms with Gasteiger partial charge in [0.15, 0.2) is 0 Å². The van der Waals surface area contributed by atoms with Crippen molar-refractivity contribution in [3.8, 4) is 5.75 Å². The van der Waals surface area contributed by atoms with Gasteiger partial charge in [0.25, 0.3) is 0 Å². The van der Waals surface area contributed by atoms with Crippen molar-refractivity contribution in [2.24, 2.45) is 5.73 Å². The monoisotopic (exact) mass is 305 g/mol. The van der Waals surface area contributed by atoms with Crippen LogP contribution < -0.4 is 15.9 Å². The van der Waals surface area contributed by atoms with Crippen LogP contribution in [0.15, 0.2) is 18.2 Å². The topological polar surface area (TPSA) is 70.8 Å². The Hall–Kier alpha value is -1.53. The van der Waals surface area contributed by atoms with Gasteiger partial charge in [-0.3, -0.25) is 4.79 Å². The fraction of sp³-hybridized carbons (Fsp3) is 0.562. The second-order valence-electron chi connectivity index (χ2n) is 6.87. The lowest BCUT2D eigenvalue weighted by atomic mass is 9.78. The van der Waals surface area contributed by atoms with E-state index < -0.39 is 24.2 Å². The molecule has 2 N–H and O–H groups in total. The van der Waals surface area contributed by atoms with Crippen LogP contribution in [0.1, 0.15) is 51.9 Å². The van der Waals surface area contributed by atoms with Gasteiger partial charge in [-0.1, -0.05) is 6.07 Å². The molecule has 1 amide bonds. The van der Waals surface area contributed by atoms with E-state index in [4.69, 9.17) is 19.8 Å². The van der Waals surface area contributed by atoms with Crippen molar-refractivity contribution in [2.75, 3.05) is 0 Å². The fourth-order valence-corrected chi connectivity index (χ4v) is 2.21. The predicted octanol–water partition coefficient (Wildman–Crippen LogP) is 1.87. The minimum atomic E-state index is -0.541. The molecule has 1 saturated heterocycles. The Balaban J connectivity index is 2.41. The Bertz CT molecular complexity index is 568. The standard InChI is InChI=1S/C16H24BNO4/c1-10(2)20-13-9-11(14(18)19)7-8-12(13)17-21-15(3,4)16(5,6)22-17/h7-10H,1-6H3,(H2,18,19). The van der Waals surface area contributed by atoms with E-state index in [2.05, 4.69) is 0 Å². The highest BCUT2D eigenvalue weighted by molar-refractivity contribution is 6.63. The zero-order valence-corrected chi connectivity index (χ0v) is 14.1. The van der Waals surface area contributed by atoms with Gasteiger partial charge < -0.3 is 19.8 Å². The molecule has 2 rings (SSSR count). The minimum absolute atomic E-state index is 0.0377. The lowest BCUT2D eigenvalue weighted by Crippen LogP contribution is -2.41. The molecule has 0 atom stereocenters. The maximum absolute atomic E-state index is 11.4. The van der Waals surface area contributed by atoms with Gasteiger partial charge in [0.1, 0.15) is 5.75 Å². The minimum Gasteiger partial charge on any atom is -0.491 e. The number of amides is 1. The molecule has 0 aliphatic carbocycles. The van der Waals surface area contributed by atoms with Crippen molar-refractivity contribution in [3.05, 3.63) is 23.8 Å². The quantitative estimate of drug-likeness (QED) is 0.862. The molecule has 1 fully saturated rings. The summed E-state index contributed by atoms with van der Waals surface area (Å²) in [5.41, 5.74) is 5.64. The molecular formula is C16H24BNO4. The molecule has 1 aromatic carbocycles. The molecular weight excluding hydrogens is 281 g/mol. The van der Waals surface area contributed by atoms with Gasteiger partial charge in [-0.15, -0.1) is 0 Å². The molecule has 0 radical (unpaired) electrons. The number of benzene rings is 1. The Labute approximate surface area is 132 Å². The summed E-state index contributed by atoms with van der Waals surface area (Å²) in [5.74, 6) is 0.0684. The average molecular weight is 305 g/mol. The highest BCUT2D eigenvalue weighted by Crippen LogP contribution is 2.37. The first-order valence-electron chi connectivity index (χ1n) is 7.49. The van der Waals surface area contributed by atoms with Gasteiger partial charge in [-0.25, -0.2) is 0 Å². The summed E-state index contributed by atoms with van der Waals surface area (Å²) in [6.45, 7) is 11.8. The number of ether oxygens (including phenoxy) is 1. The van der Waals surface area contributed by atoms with Gasteiger partial charge in [0.2, 0.25) is 5.91 Å². The Morgan fingerprint density at radius 1 is 1.18 bits per heavy atom. The van der Waals surface area contributed by atoms with Crippen LogP contribution in [0.5, 0.6) is 5.75 Å². The van der Waals surface area contributed by atoms with E-state index in [9.17, 15) is 4.79 Å². The third-order valence-electron chi connectivity index (χ3n) is 4.17. The molecule has 5 nitrogen and oxygen atoms in total. The lowest BCUT2D eigenvalue weighted by Gasteiger charge is -2.32. The van der Waals surface area contributed by atoms with Gasteiger partial charge in [0.05, 0.1) is 17.3 Å². The third-order valence-corrected chi connectivity index (χ3v) is 4.17. The van der Waals surface area contributed by atoms with Crippen molar-refractivity contribution in [3.63, 3.8) is 0 Å². The number of carbonyl (C=O) groups is 1. The molecule has 120 valence electrons. The largest absolute Gasteiger partial charge is 0.498 e. The number of hydrogen-bond donors (Lipinski definition) is 1. The number of primary amides is 1. The normalized spacial score (nSPS) is 19.5. The number of hydrogen-bond acceptors (Lipinski definition) is 4. The first-order valence-corrected chi connectivity index (χ1v) is 7.49. The second kappa shape index (κ2) is 5.59. The van der Waals surface area contributed by atoms with Crippen LogP contribution in [0.4, 0.5) is 0 Å². The second-order valence-corrected chi connectivity index (χ2v) is 6.87. The van der Waals surface area contributed by atoms with Crippen molar-refractivity contribution in [1.82, 2.24) is 0 Å². The van der Waals surface area contributed by atoms with E-state index in [1.165, 1.54) is 0 Å². The zero-order valence-electron chi connectivity index (χ0n) is 14.1. The van der Waals surface area contributed by atoms with Crippen molar-refractivity contribution < 1.29 is 18.8 Å². The molecule has 0 unspecified atom stereocenters. The summed E-state index contributed by atoms with van der Waals surface area (Å²) in [6, 6.07) is 5.08. The smallest absolute Gasteiger partial charge is 0.491 e. The summed E-state index contributed by atoms with van der Waals surface area (Å²) in [7, 11) is -0.541. The molecule has 6 heteroatoms. The summed E-state index contributed by atoms with van der Waals surface area (Å²) in [6.07, 6.45) is -0.0377. The van der Waals surface area contributed by atoms with E-state index in [1.54, 1.807) is 18.2 Å². The van der Waals surface area contributed by atoms with Gasteiger partial charge in [-0.2, -0.15) is 0 Å². The fourth-order valence-electron chi connectivity index (χ4n) is 2.21. The maximum atomic E-state index is 11.4. The number of nitrogens with two attached hydrogens (primary N) is 1. The SMILES string of the molecule is CC(C)Oc1cc(C(N)=O)ccc1B1OC(C)(C)C(C)(C)O1. The number of carbonyl (C=O) groups excluding carboxylic acids is 1. The molecule has 1 aromatic rings. The highest BCUT2D eigenvalue weighted by Gasteiger charge is 2.52. The molecule has 22 heavy (non-hydrogen) atoms. The molecule has 1 heterocycles. The zero-order chi connectivity index (χ0) is 16.7. The van der Waals surface area contributed by atoms with E-state index in [-0.39, 0.29) is 6.10 Å². The summed E-state index contributed by atoms with van der Waals surface area (Å²) in [4.78, 5) is 11.4. The Morgan fingerprint density at radius 2 is 1.73 bits per heavy atom. The van der Waals surface area contributed by atoms with E-state index >= 15 is 0 Å². The van der Waals surface area contributed by atoms with Crippen LogP contribution in [0.3, 0.4) is 0 Å². The van der Waals surface area contributed by atoms with Crippen LogP contribution in [0.25, 0.3) is 0 Å². The molecule has 0 aromatic heterocycles. The number of rotatable bonds is 4. The van der Waals surface area contributed by atoms with Crippen molar-refractivity contribution in [2.45, 2.75) is 58.8 Å². The van der Waals surface area contributed by atoms with E-state index in [0.29, 0.717) is 11.3 Å². The molecule has 1 aliphatic heterocycles. The average Bonchev–Trinajstić information content (AvgIpc) is 2.57. The molecule has 0 saturated carbocycles. The summed E-state index contributed by atoms with van der Waals surface area (Å²) >= 11 is 0. The Kier molecular flexibility index (Phi) is 4.28. The van der Waals surface area contributed by atoms with Gasteiger partial charge in [0, 0.05) is 11.0 Å².